The van der Waals surface area contributed by atoms with Crippen LogP contribution >= 0.6 is 0 Å². The zero-order valence-corrected chi connectivity index (χ0v) is 8.46. The van der Waals surface area contributed by atoms with Gasteiger partial charge in [0.25, 0.3) is 0 Å². The number of hydrogen-bond acceptors (Lipinski definition) is 4. The quantitative estimate of drug-likeness (QED) is 0.614. The van der Waals surface area contributed by atoms with Crippen LogP contribution in [0.15, 0.2) is 18.3 Å². The Hall–Kier alpha value is -2.11. The van der Waals surface area contributed by atoms with Crippen LogP contribution in [0.2, 0.25) is 0 Å². The SMILES string of the molecule is Nc1ccc2nc(C3CC3)c([N+](=O)[O-])n2c1. The van der Waals surface area contributed by atoms with Crippen LogP contribution in [-0.4, -0.2) is 14.3 Å². The highest BCUT2D eigenvalue weighted by Gasteiger charge is 2.35. The Morgan fingerprint density at radius 2 is 2.25 bits per heavy atom. The molecule has 0 radical (unpaired) electrons. The highest BCUT2D eigenvalue weighted by atomic mass is 16.6. The molecule has 0 saturated heterocycles. The minimum atomic E-state index is -0.382. The predicted molar refractivity (Wildman–Crippen MR) is 58.2 cm³/mol. The summed E-state index contributed by atoms with van der Waals surface area (Å²) < 4.78 is 1.46. The molecule has 0 amide bonds. The van der Waals surface area contributed by atoms with Crippen LogP contribution in [0.3, 0.4) is 0 Å². The maximum atomic E-state index is 11.0. The van der Waals surface area contributed by atoms with Gasteiger partial charge in [-0.25, -0.2) is 4.98 Å². The first-order valence-electron chi connectivity index (χ1n) is 5.08. The van der Waals surface area contributed by atoms with Crippen LogP contribution in [-0.2, 0) is 0 Å². The van der Waals surface area contributed by atoms with Gasteiger partial charge in [0.05, 0.1) is 5.69 Å². The van der Waals surface area contributed by atoms with Crippen molar-refractivity contribution in [2.45, 2.75) is 18.8 Å². The first-order chi connectivity index (χ1) is 7.66. The number of rotatable bonds is 2. The molecule has 1 saturated carbocycles. The molecular weight excluding hydrogens is 208 g/mol. The van der Waals surface area contributed by atoms with E-state index in [9.17, 15) is 10.1 Å². The van der Waals surface area contributed by atoms with Crippen LogP contribution < -0.4 is 5.73 Å². The van der Waals surface area contributed by atoms with Crippen molar-refractivity contribution in [1.82, 2.24) is 9.38 Å². The van der Waals surface area contributed by atoms with Crippen molar-refractivity contribution in [2.24, 2.45) is 0 Å². The first-order valence-corrected chi connectivity index (χ1v) is 5.08. The molecule has 16 heavy (non-hydrogen) atoms. The Morgan fingerprint density at radius 1 is 1.50 bits per heavy atom. The summed E-state index contributed by atoms with van der Waals surface area (Å²) in [4.78, 5) is 15.0. The molecule has 2 N–H and O–H groups in total. The lowest BCUT2D eigenvalue weighted by Gasteiger charge is -1.96. The summed E-state index contributed by atoms with van der Waals surface area (Å²) >= 11 is 0. The lowest BCUT2D eigenvalue weighted by atomic mass is 10.3. The van der Waals surface area contributed by atoms with Crippen LogP contribution in [0.25, 0.3) is 5.65 Å². The second kappa shape index (κ2) is 2.94. The maximum absolute atomic E-state index is 11.0. The Bertz CT molecular complexity index is 586. The van der Waals surface area contributed by atoms with Crippen LogP contribution in [0, 0.1) is 10.1 Å². The second-order valence-corrected chi connectivity index (χ2v) is 4.04. The molecule has 1 fully saturated rings. The molecule has 6 heteroatoms. The molecule has 82 valence electrons. The molecule has 0 bridgehead atoms. The zero-order chi connectivity index (χ0) is 11.3. The molecule has 0 spiro atoms. The number of nitrogens with zero attached hydrogens (tertiary/aromatic N) is 3. The number of imidazole rings is 1. The van der Waals surface area contributed by atoms with Crippen LogP contribution in [0.4, 0.5) is 11.5 Å². The lowest BCUT2D eigenvalue weighted by Crippen LogP contribution is -1.98. The number of nitro groups is 1. The molecular formula is C10H10N4O2. The fourth-order valence-corrected chi connectivity index (χ4v) is 1.88. The number of pyridine rings is 1. The maximum Gasteiger partial charge on any atom is 0.351 e. The van der Waals surface area contributed by atoms with Gasteiger partial charge < -0.3 is 15.8 Å². The van der Waals surface area contributed by atoms with Crippen molar-refractivity contribution < 1.29 is 4.92 Å². The van der Waals surface area contributed by atoms with E-state index in [1.54, 1.807) is 18.3 Å². The smallest absolute Gasteiger partial charge is 0.351 e. The monoisotopic (exact) mass is 218 g/mol. The minimum Gasteiger partial charge on any atom is -0.396 e. The van der Waals surface area contributed by atoms with Gasteiger partial charge in [-0.3, -0.25) is 0 Å². The molecule has 2 heterocycles. The zero-order valence-electron chi connectivity index (χ0n) is 8.46. The molecule has 0 atom stereocenters. The van der Waals surface area contributed by atoms with Crippen molar-refractivity contribution in [3.63, 3.8) is 0 Å². The van der Waals surface area contributed by atoms with Gasteiger partial charge in [0, 0.05) is 12.0 Å². The third-order valence-electron chi connectivity index (χ3n) is 2.78. The Balaban J connectivity index is 2.33. The summed E-state index contributed by atoms with van der Waals surface area (Å²) in [6.07, 6.45) is 3.52. The van der Waals surface area contributed by atoms with Gasteiger partial charge in [-0.1, -0.05) is 0 Å². The third-order valence-corrected chi connectivity index (χ3v) is 2.78. The van der Waals surface area contributed by atoms with E-state index in [0.717, 1.165) is 12.8 Å². The van der Waals surface area contributed by atoms with Crippen molar-refractivity contribution >= 4 is 17.2 Å². The number of hydrogen-bond donors (Lipinski definition) is 1. The lowest BCUT2D eigenvalue weighted by molar-refractivity contribution is -0.391. The highest BCUT2D eigenvalue weighted by molar-refractivity contribution is 5.55. The molecule has 0 aliphatic heterocycles. The summed E-state index contributed by atoms with van der Waals surface area (Å²) in [7, 11) is 0. The van der Waals surface area contributed by atoms with Gasteiger partial charge in [-0.15, -0.1) is 0 Å². The topological polar surface area (TPSA) is 86.5 Å². The largest absolute Gasteiger partial charge is 0.396 e. The van der Waals surface area contributed by atoms with E-state index in [1.807, 2.05) is 0 Å². The summed E-state index contributed by atoms with van der Waals surface area (Å²) in [5.74, 6) is 0.311. The Labute approximate surface area is 90.9 Å². The van der Waals surface area contributed by atoms with Gasteiger partial charge in [0.15, 0.2) is 0 Å². The molecule has 3 rings (SSSR count). The molecule has 1 aliphatic rings. The van der Waals surface area contributed by atoms with E-state index < -0.39 is 0 Å². The van der Waals surface area contributed by atoms with E-state index in [4.69, 9.17) is 5.73 Å². The first kappa shape index (κ1) is 9.14. The molecule has 1 aliphatic carbocycles. The predicted octanol–water partition coefficient (Wildman–Crippen LogP) is 1.70. The third kappa shape index (κ3) is 1.23. The average Bonchev–Trinajstić information content (AvgIpc) is 2.99. The van der Waals surface area contributed by atoms with E-state index in [-0.39, 0.29) is 16.7 Å². The molecule has 0 unspecified atom stereocenters. The van der Waals surface area contributed by atoms with E-state index in [1.165, 1.54) is 4.40 Å². The molecule has 2 aromatic rings. The van der Waals surface area contributed by atoms with Crippen LogP contribution in [0.1, 0.15) is 24.5 Å². The van der Waals surface area contributed by atoms with Gasteiger partial charge in [0.1, 0.15) is 11.9 Å². The average molecular weight is 218 g/mol. The van der Waals surface area contributed by atoms with Gasteiger partial charge in [-0.2, -0.15) is 4.40 Å². The summed E-state index contributed by atoms with van der Waals surface area (Å²) in [5, 5.41) is 11.0. The number of anilines is 1. The van der Waals surface area contributed by atoms with Gasteiger partial charge in [-0.05, 0) is 23.8 Å². The minimum absolute atomic E-state index is 0.0600. The Morgan fingerprint density at radius 3 is 2.88 bits per heavy atom. The van der Waals surface area contributed by atoms with E-state index in [2.05, 4.69) is 4.98 Å². The standard InChI is InChI=1S/C10H10N4O2/c11-7-3-4-8-12-9(6-1-2-6)10(14(15)16)13(8)5-7/h3-6H,1-2,11H2. The Kier molecular flexibility index (Phi) is 1.68. The normalized spacial score (nSPS) is 15.5. The number of nitrogens with two attached hydrogens (primary N) is 1. The fraction of sp³-hybridized carbons (Fsp3) is 0.300. The number of fused-ring (bicyclic) bond motifs is 1. The van der Waals surface area contributed by atoms with Crippen molar-refractivity contribution in [3.05, 3.63) is 34.1 Å². The fourth-order valence-electron chi connectivity index (χ4n) is 1.88. The number of aromatic nitrogens is 2. The summed E-state index contributed by atoms with van der Waals surface area (Å²) in [6, 6.07) is 3.40. The van der Waals surface area contributed by atoms with E-state index >= 15 is 0 Å². The molecule has 6 nitrogen and oxygen atoms in total. The van der Waals surface area contributed by atoms with Crippen molar-refractivity contribution in [2.75, 3.05) is 5.73 Å². The van der Waals surface area contributed by atoms with Crippen molar-refractivity contribution in [3.8, 4) is 0 Å². The van der Waals surface area contributed by atoms with Gasteiger partial charge in [0.2, 0.25) is 5.65 Å². The second-order valence-electron chi connectivity index (χ2n) is 4.04. The molecule has 0 aromatic carbocycles. The highest BCUT2D eigenvalue weighted by Crippen LogP contribution is 2.43. The number of nitrogen functional groups attached to an aromatic ring is 1. The van der Waals surface area contributed by atoms with Crippen molar-refractivity contribution in [1.29, 1.82) is 0 Å². The van der Waals surface area contributed by atoms with Crippen LogP contribution in [0.5, 0.6) is 0 Å². The summed E-state index contributed by atoms with van der Waals surface area (Å²) in [5.41, 5.74) is 7.30. The summed E-state index contributed by atoms with van der Waals surface area (Å²) in [6.45, 7) is 0. The van der Waals surface area contributed by atoms with E-state index in [0.29, 0.717) is 17.0 Å². The van der Waals surface area contributed by atoms with Gasteiger partial charge >= 0.3 is 5.82 Å². The molecule has 2 aromatic heterocycles.